The molecule has 0 amide bonds. The maximum Gasteiger partial charge on any atom is 0.206 e. The molecule has 29 heavy (non-hydrogen) atoms. The zero-order valence-electron chi connectivity index (χ0n) is 16.1. The zero-order chi connectivity index (χ0) is 19.9. The van der Waals surface area contributed by atoms with E-state index in [9.17, 15) is 4.39 Å². The first-order valence-electron chi connectivity index (χ1n) is 9.67. The third kappa shape index (κ3) is 5.33. The second kappa shape index (κ2) is 9.21. The van der Waals surface area contributed by atoms with Crippen molar-refractivity contribution in [2.45, 2.75) is 26.2 Å². The summed E-state index contributed by atoms with van der Waals surface area (Å²) in [6.07, 6.45) is 0. The van der Waals surface area contributed by atoms with Crippen molar-refractivity contribution >= 4 is 0 Å². The van der Waals surface area contributed by atoms with Gasteiger partial charge in [0.05, 0.1) is 6.54 Å². The molecular weight excluding hydrogens is 365 g/mol. The number of quaternary nitrogens is 1. The third-order valence-corrected chi connectivity index (χ3v) is 4.85. The van der Waals surface area contributed by atoms with Crippen LogP contribution in [0.2, 0.25) is 0 Å². The van der Waals surface area contributed by atoms with E-state index in [1.807, 2.05) is 53.2 Å². The molecule has 146 valence electrons. The molecule has 5 nitrogen and oxygen atoms in total. The number of hydrogen-bond acceptors (Lipinski definition) is 3. The zero-order valence-corrected chi connectivity index (χ0v) is 16.1. The second-order valence-electron chi connectivity index (χ2n) is 7.13. The molecule has 3 aromatic carbocycles. The Balaban J connectivity index is 1.53. The van der Waals surface area contributed by atoms with Crippen molar-refractivity contribution in [3.63, 3.8) is 0 Å². The minimum atomic E-state index is -0.217. The molecule has 4 aromatic rings. The highest BCUT2D eigenvalue weighted by Gasteiger charge is 2.17. The van der Waals surface area contributed by atoms with Crippen LogP contribution in [0.15, 0.2) is 84.9 Å². The standard InChI is InChI=1S/C23H22FN5/c24-22-13-11-21(12-14-22)16-28(15-19-7-3-1-4-8-19)18-23-25-26-27-29(23)17-20-9-5-2-6-10-20/h1-14H,15-18H2/p+1. The van der Waals surface area contributed by atoms with Gasteiger partial charge in [0.2, 0.25) is 5.82 Å². The van der Waals surface area contributed by atoms with Gasteiger partial charge in [0.1, 0.15) is 25.5 Å². The quantitative estimate of drug-likeness (QED) is 0.505. The molecule has 0 saturated carbocycles. The number of nitrogens with one attached hydrogen (secondary N) is 1. The van der Waals surface area contributed by atoms with Gasteiger partial charge < -0.3 is 4.90 Å². The highest BCUT2D eigenvalue weighted by molar-refractivity contribution is 5.16. The molecule has 0 bridgehead atoms. The van der Waals surface area contributed by atoms with Gasteiger partial charge >= 0.3 is 0 Å². The Hall–Kier alpha value is -3.38. The largest absolute Gasteiger partial charge is 0.321 e. The van der Waals surface area contributed by atoms with Crippen molar-refractivity contribution in [3.8, 4) is 0 Å². The van der Waals surface area contributed by atoms with Crippen molar-refractivity contribution in [1.29, 1.82) is 0 Å². The Morgan fingerprint density at radius 1 is 0.690 bits per heavy atom. The highest BCUT2D eigenvalue weighted by Crippen LogP contribution is 2.05. The van der Waals surface area contributed by atoms with Crippen LogP contribution in [-0.4, -0.2) is 20.2 Å². The first-order valence-corrected chi connectivity index (χ1v) is 9.67. The van der Waals surface area contributed by atoms with E-state index in [2.05, 4.69) is 39.8 Å². The number of rotatable bonds is 8. The number of tetrazole rings is 1. The number of benzene rings is 3. The van der Waals surface area contributed by atoms with E-state index in [1.54, 1.807) is 0 Å². The van der Waals surface area contributed by atoms with Crippen molar-refractivity contribution in [2.24, 2.45) is 0 Å². The summed E-state index contributed by atoms with van der Waals surface area (Å²) in [5, 5.41) is 12.4. The lowest BCUT2D eigenvalue weighted by Gasteiger charge is -2.19. The summed E-state index contributed by atoms with van der Waals surface area (Å²) in [5.74, 6) is 0.618. The number of hydrogen-bond donors (Lipinski definition) is 1. The van der Waals surface area contributed by atoms with Gasteiger partial charge in [0, 0.05) is 11.1 Å². The minimum Gasteiger partial charge on any atom is -0.321 e. The van der Waals surface area contributed by atoms with Crippen LogP contribution < -0.4 is 4.90 Å². The molecule has 6 heteroatoms. The maximum atomic E-state index is 13.3. The molecule has 0 aliphatic rings. The molecular formula is C23H23FN5+. The fourth-order valence-electron chi connectivity index (χ4n) is 3.42. The minimum absolute atomic E-state index is 0.217. The predicted molar refractivity (Wildman–Crippen MR) is 108 cm³/mol. The van der Waals surface area contributed by atoms with Crippen molar-refractivity contribution < 1.29 is 9.29 Å². The monoisotopic (exact) mass is 388 g/mol. The molecule has 1 aromatic heterocycles. The molecule has 0 spiro atoms. The van der Waals surface area contributed by atoms with E-state index in [4.69, 9.17) is 0 Å². The molecule has 0 saturated heterocycles. The first-order chi connectivity index (χ1) is 14.3. The van der Waals surface area contributed by atoms with E-state index in [-0.39, 0.29) is 5.82 Å². The summed E-state index contributed by atoms with van der Waals surface area (Å²) in [6, 6.07) is 27.2. The molecule has 1 N–H and O–H groups in total. The summed E-state index contributed by atoms with van der Waals surface area (Å²) in [7, 11) is 0. The van der Waals surface area contributed by atoms with E-state index < -0.39 is 0 Å². The lowest BCUT2D eigenvalue weighted by molar-refractivity contribution is -0.941. The average Bonchev–Trinajstić information content (AvgIpc) is 3.17. The van der Waals surface area contributed by atoms with Crippen LogP contribution in [0.4, 0.5) is 4.39 Å². The Morgan fingerprint density at radius 2 is 1.28 bits per heavy atom. The lowest BCUT2D eigenvalue weighted by atomic mass is 10.1. The lowest BCUT2D eigenvalue weighted by Crippen LogP contribution is -3.08. The second-order valence-corrected chi connectivity index (χ2v) is 7.13. The van der Waals surface area contributed by atoms with Crippen LogP contribution in [0.5, 0.6) is 0 Å². The topological polar surface area (TPSA) is 48.0 Å². The Morgan fingerprint density at radius 3 is 1.93 bits per heavy atom. The molecule has 0 aliphatic heterocycles. The fraction of sp³-hybridized carbons (Fsp3) is 0.174. The maximum absolute atomic E-state index is 13.3. The summed E-state index contributed by atoms with van der Waals surface area (Å²) in [5.41, 5.74) is 3.48. The van der Waals surface area contributed by atoms with Crippen LogP contribution in [0, 0.1) is 5.82 Å². The van der Waals surface area contributed by atoms with E-state index in [0.29, 0.717) is 13.1 Å². The smallest absolute Gasteiger partial charge is 0.206 e. The van der Waals surface area contributed by atoms with E-state index in [0.717, 1.165) is 30.0 Å². The van der Waals surface area contributed by atoms with Crippen LogP contribution >= 0.6 is 0 Å². The molecule has 1 unspecified atom stereocenters. The van der Waals surface area contributed by atoms with Crippen molar-refractivity contribution in [3.05, 3.63) is 113 Å². The number of halogens is 1. The van der Waals surface area contributed by atoms with Crippen molar-refractivity contribution in [2.75, 3.05) is 0 Å². The van der Waals surface area contributed by atoms with Crippen LogP contribution in [0.1, 0.15) is 22.5 Å². The van der Waals surface area contributed by atoms with Crippen molar-refractivity contribution in [1.82, 2.24) is 20.2 Å². The summed E-state index contributed by atoms with van der Waals surface area (Å²) >= 11 is 0. The predicted octanol–water partition coefficient (Wildman–Crippen LogP) is 2.65. The first kappa shape index (κ1) is 19.0. The van der Waals surface area contributed by atoms with Crippen LogP contribution in [0.3, 0.4) is 0 Å². The molecule has 0 aliphatic carbocycles. The number of aromatic nitrogens is 4. The van der Waals surface area contributed by atoms with Gasteiger partial charge in [-0.05, 0) is 28.1 Å². The SMILES string of the molecule is Fc1ccc(C[NH+](Cc2ccccc2)Cc2nnnn2Cc2ccccc2)cc1. The van der Waals surface area contributed by atoms with Gasteiger partial charge in [-0.2, -0.15) is 0 Å². The molecule has 0 radical (unpaired) electrons. The van der Waals surface area contributed by atoms with Gasteiger partial charge in [0.25, 0.3) is 0 Å². The van der Waals surface area contributed by atoms with E-state index in [1.165, 1.54) is 22.6 Å². The van der Waals surface area contributed by atoms with Crippen LogP contribution in [0.25, 0.3) is 0 Å². The van der Waals surface area contributed by atoms with E-state index >= 15 is 0 Å². The van der Waals surface area contributed by atoms with Gasteiger partial charge in [-0.3, -0.25) is 0 Å². The molecule has 1 atom stereocenters. The Bertz CT molecular complexity index is 1020. The average molecular weight is 388 g/mol. The highest BCUT2D eigenvalue weighted by atomic mass is 19.1. The van der Waals surface area contributed by atoms with Gasteiger partial charge in [0.15, 0.2) is 0 Å². The van der Waals surface area contributed by atoms with Crippen LogP contribution in [-0.2, 0) is 26.2 Å². The summed E-state index contributed by atoms with van der Waals surface area (Å²) in [6.45, 7) is 2.90. The fourth-order valence-corrected chi connectivity index (χ4v) is 3.42. The summed E-state index contributed by atoms with van der Waals surface area (Å²) < 4.78 is 15.2. The molecule has 1 heterocycles. The van der Waals surface area contributed by atoms with Gasteiger partial charge in [-0.25, -0.2) is 9.07 Å². The summed E-state index contributed by atoms with van der Waals surface area (Å²) in [4.78, 5) is 1.28. The Kier molecular flexibility index (Phi) is 6.02. The van der Waals surface area contributed by atoms with Gasteiger partial charge in [-0.15, -0.1) is 5.10 Å². The molecule has 0 fully saturated rings. The number of nitrogens with zero attached hydrogens (tertiary/aromatic N) is 4. The van der Waals surface area contributed by atoms with Gasteiger partial charge in [-0.1, -0.05) is 72.8 Å². The third-order valence-electron chi connectivity index (χ3n) is 4.85. The Labute approximate surface area is 169 Å². The molecule has 4 rings (SSSR count). The normalized spacial score (nSPS) is 12.0.